The maximum Gasteiger partial charge on any atom is 0.253 e. The van der Waals surface area contributed by atoms with E-state index in [1.54, 1.807) is 19.0 Å². The molecule has 0 saturated heterocycles. The van der Waals surface area contributed by atoms with Gasteiger partial charge in [0.15, 0.2) is 5.96 Å². The van der Waals surface area contributed by atoms with Gasteiger partial charge in [-0.3, -0.25) is 4.79 Å². The van der Waals surface area contributed by atoms with Crippen LogP contribution in [0, 0.1) is 6.92 Å². The highest BCUT2D eigenvalue weighted by atomic mass is 127. The third kappa shape index (κ3) is 6.19. The van der Waals surface area contributed by atoms with E-state index in [1.807, 2.05) is 24.3 Å². The number of rotatable bonds is 6. The molecule has 156 valence electrons. The third-order valence-corrected chi connectivity index (χ3v) is 5.07. The molecule has 1 aliphatic carbocycles. The molecule has 0 spiro atoms. The molecule has 1 fully saturated rings. The van der Waals surface area contributed by atoms with Crippen LogP contribution in [0.5, 0.6) is 0 Å². The zero-order valence-corrected chi connectivity index (χ0v) is 19.9. The van der Waals surface area contributed by atoms with Crippen molar-refractivity contribution in [2.24, 2.45) is 4.99 Å². The smallest absolute Gasteiger partial charge is 0.253 e. The average molecular weight is 506 g/mol. The maximum absolute atomic E-state index is 12.0. The van der Waals surface area contributed by atoms with Gasteiger partial charge in [0, 0.05) is 38.2 Å². The fraction of sp³-hybridized carbons (Fsp3) is 0.391. The lowest BCUT2D eigenvalue weighted by Crippen LogP contribution is -2.39. The summed E-state index contributed by atoms with van der Waals surface area (Å²) in [6, 6.07) is 16.7. The van der Waals surface area contributed by atoms with Gasteiger partial charge in [0.1, 0.15) is 0 Å². The Bertz CT molecular complexity index is 848. The van der Waals surface area contributed by atoms with E-state index in [0.29, 0.717) is 24.1 Å². The highest BCUT2D eigenvalue weighted by Crippen LogP contribution is 2.42. The lowest BCUT2D eigenvalue weighted by atomic mass is 10.0. The number of aryl methyl sites for hydroxylation is 1. The van der Waals surface area contributed by atoms with E-state index in [2.05, 4.69) is 48.7 Å². The van der Waals surface area contributed by atoms with Crippen molar-refractivity contribution in [2.45, 2.75) is 38.8 Å². The number of aliphatic imine (C=N–C) groups is 1. The number of amides is 1. The SMILES string of the molecule is CCNC(=NCc1ccc(C(=O)N(C)C)cc1)NC1CC1c1ccccc1C.I. The molecule has 2 atom stereocenters. The molecule has 1 aliphatic rings. The topological polar surface area (TPSA) is 56.7 Å². The first kappa shape index (κ1) is 23.2. The second kappa shape index (κ2) is 10.6. The largest absolute Gasteiger partial charge is 0.357 e. The van der Waals surface area contributed by atoms with Gasteiger partial charge >= 0.3 is 0 Å². The highest BCUT2D eigenvalue weighted by Gasteiger charge is 2.39. The molecule has 0 radical (unpaired) electrons. The molecule has 3 rings (SSSR count). The Kier molecular flexibility index (Phi) is 8.49. The minimum Gasteiger partial charge on any atom is -0.357 e. The second-order valence-electron chi connectivity index (χ2n) is 7.54. The van der Waals surface area contributed by atoms with Crippen molar-refractivity contribution in [3.8, 4) is 0 Å². The highest BCUT2D eigenvalue weighted by molar-refractivity contribution is 14.0. The first-order valence-electron chi connectivity index (χ1n) is 9.90. The van der Waals surface area contributed by atoms with Crippen molar-refractivity contribution < 1.29 is 4.79 Å². The minimum absolute atomic E-state index is 0. The Hall–Kier alpha value is -2.09. The van der Waals surface area contributed by atoms with Crippen LogP contribution in [0.3, 0.4) is 0 Å². The Morgan fingerprint density at radius 2 is 1.83 bits per heavy atom. The molecule has 1 amide bonds. The van der Waals surface area contributed by atoms with Gasteiger partial charge in [-0.2, -0.15) is 0 Å². The third-order valence-electron chi connectivity index (χ3n) is 5.07. The van der Waals surface area contributed by atoms with Crippen molar-refractivity contribution in [1.29, 1.82) is 0 Å². The molecule has 0 aliphatic heterocycles. The molecular weight excluding hydrogens is 475 g/mol. The fourth-order valence-corrected chi connectivity index (χ4v) is 3.38. The van der Waals surface area contributed by atoms with Gasteiger partial charge in [-0.05, 0) is 49.1 Å². The van der Waals surface area contributed by atoms with Crippen LogP contribution < -0.4 is 10.6 Å². The quantitative estimate of drug-likeness (QED) is 0.355. The van der Waals surface area contributed by atoms with Gasteiger partial charge in [-0.1, -0.05) is 36.4 Å². The lowest BCUT2D eigenvalue weighted by Gasteiger charge is -2.12. The molecule has 6 heteroatoms. The van der Waals surface area contributed by atoms with Gasteiger partial charge in [0.25, 0.3) is 5.91 Å². The Balaban J connectivity index is 0.00000300. The van der Waals surface area contributed by atoms with E-state index < -0.39 is 0 Å². The van der Waals surface area contributed by atoms with Crippen LogP contribution in [-0.4, -0.2) is 43.4 Å². The number of hydrogen-bond donors (Lipinski definition) is 2. The van der Waals surface area contributed by atoms with E-state index in [4.69, 9.17) is 4.99 Å². The van der Waals surface area contributed by atoms with Crippen molar-refractivity contribution in [3.63, 3.8) is 0 Å². The summed E-state index contributed by atoms with van der Waals surface area (Å²) in [5, 5.41) is 6.89. The van der Waals surface area contributed by atoms with Crippen molar-refractivity contribution >= 4 is 35.8 Å². The number of nitrogens with zero attached hydrogens (tertiary/aromatic N) is 2. The van der Waals surface area contributed by atoms with Crippen molar-refractivity contribution in [2.75, 3.05) is 20.6 Å². The van der Waals surface area contributed by atoms with Gasteiger partial charge in [0.2, 0.25) is 0 Å². The Morgan fingerprint density at radius 3 is 2.45 bits per heavy atom. The summed E-state index contributed by atoms with van der Waals surface area (Å²) >= 11 is 0. The van der Waals surface area contributed by atoms with Gasteiger partial charge < -0.3 is 15.5 Å². The summed E-state index contributed by atoms with van der Waals surface area (Å²) < 4.78 is 0. The number of carbonyl (C=O) groups excluding carboxylic acids is 1. The van der Waals surface area contributed by atoms with Gasteiger partial charge in [0.05, 0.1) is 6.54 Å². The number of hydrogen-bond acceptors (Lipinski definition) is 2. The first-order valence-corrected chi connectivity index (χ1v) is 9.90. The number of nitrogens with one attached hydrogen (secondary N) is 2. The monoisotopic (exact) mass is 506 g/mol. The molecule has 5 nitrogen and oxygen atoms in total. The fourth-order valence-electron chi connectivity index (χ4n) is 3.38. The van der Waals surface area contributed by atoms with Gasteiger partial charge in [-0.15, -0.1) is 24.0 Å². The maximum atomic E-state index is 12.0. The summed E-state index contributed by atoms with van der Waals surface area (Å²) in [5.74, 6) is 1.42. The number of halogens is 1. The molecule has 2 aromatic rings. The molecular formula is C23H31IN4O. The molecule has 2 aromatic carbocycles. The molecule has 1 saturated carbocycles. The van der Waals surface area contributed by atoms with Crippen molar-refractivity contribution in [3.05, 3.63) is 70.8 Å². The lowest BCUT2D eigenvalue weighted by molar-refractivity contribution is 0.0827. The minimum atomic E-state index is 0. The van der Waals surface area contributed by atoms with Crippen LogP contribution in [0.1, 0.15) is 46.3 Å². The predicted octanol–water partition coefficient (Wildman–Crippen LogP) is 3.93. The van der Waals surface area contributed by atoms with Crippen LogP contribution in [0.2, 0.25) is 0 Å². The summed E-state index contributed by atoms with van der Waals surface area (Å²) in [5.41, 5.74) is 4.56. The number of guanidine groups is 1. The van der Waals surface area contributed by atoms with E-state index in [0.717, 1.165) is 24.5 Å². The van der Waals surface area contributed by atoms with Crippen LogP contribution in [0.25, 0.3) is 0 Å². The van der Waals surface area contributed by atoms with E-state index in [-0.39, 0.29) is 29.9 Å². The number of carbonyl (C=O) groups is 1. The standard InChI is InChI=1S/C23H30N4O.HI/c1-5-24-23(26-21-14-20(21)19-9-7-6-8-16(19)2)25-15-17-10-12-18(13-11-17)22(28)27(3)4;/h6-13,20-21H,5,14-15H2,1-4H3,(H2,24,25,26);1H. The van der Waals surface area contributed by atoms with Gasteiger partial charge in [-0.25, -0.2) is 4.99 Å². The molecule has 29 heavy (non-hydrogen) atoms. The molecule has 0 heterocycles. The summed E-state index contributed by atoms with van der Waals surface area (Å²) in [7, 11) is 3.52. The van der Waals surface area contributed by atoms with Crippen LogP contribution in [0.15, 0.2) is 53.5 Å². The average Bonchev–Trinajstić information content (AvgIpc) is 3.45. The Labute approximate surface area is 191 Å². The van der Waals surface area contributed by atoms with Crippen molar-refractivity contribution in [1.82, 2.24) is 15.5 Å². The van der Waals surface area contributed by atoms with Crippen LogP contribution in [-0.2, 0) is 6.54 Å². The van der Waals surface area contributed by atoms with Crippen LogP contribution in [0.4, 0.5) is 0 Å². The first-order chi connectivity index (χ1) is 13.5. The molecule has 0 aromatic heterocycles. The second-order valence-corrected chi connectivity index (χ2v) is 7.54. The van der Waals surface area contributed by atoms with E-state index >= 15 is 0 Å². The van der Waals surface area contributed by atoms with Crippen LogP contribution >= 0.6 is 24.0 Å². The summed E-state index contributed by atoms with van der Waals surface area (Å²) in [6.07, 6.45) is 1.14. The normalized spacial score (nSPS) is 17.9. The summed E-state index contributed by atoms with van der Waals surface area (Å²) in [4.78, 5) is 18.3. The molecule has 2 unspecified atom stereocenters. The number of benzene rings is 2. The van der Waals surface area contributed by atoms with E-state index in [1.165, 1.54) is 11.1 Å². The summed E-state index contributed by atoms with van der Waals surface area (Å²) in [6.45, 7) is 5.65. The molecule has 0 bridgehead atoms. The zero-order valence-electron chi connectivity index (χ0n) is 17.6. The Morgan fingerprint density at radius 1 is 1.14 bits per heavy atom. The zero-order chi connectivity index (χ0) is 20.1. The van der Waals surface area contributed by atoms with E-state index in [9.17, 15) is 4.79 Å². The molecule has 2 N–H and O–H groups in total. The predicted molar refractivity (Wildman–Crippen MR) is 130 cm³/mol.